The molecule has 0 aliphatic carbocycles. The van der Waals surface area contributed by atoms with Gasteiger partial charge in [-0.05, 0) is 18.7 Å². The highest BCUT2D eigenvalue weighted by atomic mass is 16.5. The van der Waals surface area contributed by atoms with Crippen molar-refractivity contribution < 1.29 is 4.74 Å². The van der Waals surface area contributed by atoms with Crippen LogP contribution >= 0.6 is 0 Å². The fraction of sp³-hybridized carbons (Fsp3) is 0.455. The molecule has 0 aliphatic rings. The van der Waals surface area contributed by atoms with Crippen LogP contribution in [0, 0.1) is 11.3 Å². The van der Waals surface area contributed by atoms with Crippen LogP contribution in [0.25, 0.3) is 0 Å². The lowest BCUT2D eigenvalue weighted by Gasteiger charge is -2.18. The van der Waals surface area contributed by atoms with E-state index >= 15 is 0 Å². The summed E-state index contributed by atoms with van der Waals surface area (Å²) in [6, 6.07) is 0. The van der Waals surface area contributed by atoms with Gasteiger partial charge in [0.05, 0.1) is 7.11 Å². The maximum Gasteiger partial charge on any atom is 0.213 e. The van der Waals surface area contributed by atoms with E-state index in [0.29, 0.717) is 17.2 Å². The number of nitrogens with one attached hydrogen (secondary N) is 1. The van der Waals surface area contributed by atoms with Crippen molar-refractivity contribution in [3.8, 4) is 0 Å². The quantitative estimate of drug-likeness (QED) is 0.491. The first-order valence-corrected chi connectivity index (χ1v) is 4.93. The van der Waals surface area contributed by atoms with Crippen LogP contribution in [0.5, 0.6) is 0 Å². The average molecular weight is 224 g/mol. The third kappa shape index (κ3) is 3.12. The smallest absolute Gasteiger partial charge is 0.213 e. The van der Waals surface area contributed by atoms with Gasteiger partial charge >= 0.3 is 0 Å². The fourth-order valence-corrected chi connectivity index (χ4v) is 1.50. The standard InChI is InChI=1S/C11H20N4O/c1-7(9(5-12)6-13)10(8(2)14)11(15-3)16-4/h5-7,12H,13-14H2,1-4H3/b9-6+,10-8?,12-5?,15-11?. The Labute approximate surface area is 96.4 Å². The molecule has 16 heavy (non-hydrogen) atoms. The molecule has 0 heterocycles. The van der Waals surface area contributed by atoms with Crippen molar-refractivity contribution in [1.82, 2.24) is 0 Å². The van der Waals surface area contributed by atoms with E-state index in [2.05, 4.69) is 4.99 Å². The third-order valence-corrected chi connectivity index (χ3v) is 2.34. The van der Waals surface area contributed by atoms with Crippen LogP contribution in [0.1, 0.15) is 13.8 Å². The molecule has 0 saturated carbocycles. The van der Waals surface area contributed by atoms with Crippen LogP contribution in [0.2, 0.25) is 0 Å². The van der Waals surface area contributed by atoms with E-state index < -0.39 is 0 Å². The minimum atomic E-state index is -0.119. The van der Waals surface area contributed by atoms with E-state index in [1.165, 1.54) is 19.5 Å². The van der Waals surface area contributed by atoms with Gasteiger partial charge in [-0.2, -0.15) is 0 Å². The van der Waals surface area contributed by atoms with Gasteiger partial charge in [-0.25, -0.2) is 0 Å². The summed E-state index contributed by atoms with van der Waals surface area (Å²) in [5.74, 6) is 0.347. The molecule has 0 bridgehead atoms. The molecule has 5 heteroatoms. The maximum absolute atomic E-state index is 7.26. The Morgan fingerprint density at radius 2 is 2.06 bits per heavy atom. The van der Waals surface area contributed by atoms with Crippen molar-refractivity contribution in [3.05, 3.63) is 23.0 Å². The molecule has 90 valence electrons. The van der Waals surface area contributed by atoms with Crippen LogP contribution in [-0.4, -0.2) is 26.3 Å². The number of nitrogens with two attached hydrogens (primary N) is 2. The molecule has 0 fully saturated rings. The van der Waals surface area contributed by atoms with Gasteiger partial charge in [-0.15, -0.1) is 0 Å². The SMILES string of the molecule is CN=C(OC)C(=C(C)N)C(C)/C(C=N)=C/N. The molecule has 0 aromatic rings. The highest BCUT2D eigenvalue weighted by Gasteiger charge is 2.20. The molecular weight excluding hydrogens is 204 g/mol. The largest absolute Gasteiger partial charge is 0.481 e. The number of ether oxygens (including phenoxy) is 1. The summed E-state index contributed by atoms with van der Waals surface area (Å²) < 4.78 is 5.15. The second-order valence-electron chi connectivity index (χ2n) is 3.36. The first kappa shape index (κ1) is 14.2. The highest BCUT2D eigenvalue weighted by Crippen LogP contribution is 2.21. The van der Waals surface area contributed by atoms with Gasteiger partial charge in [0.15, 0.2) is 0 Å². The van der Waals surface area contributed by atoms with Crippen molar-refractivity contribution >= 4 is 12.1 Å². The number of nitrogens with zero attached hydrogens (tertiary/aromatic N) is 1. The van der Waals surface area contributed by atoms with Gasteiger partial charge in [-0.3, -0.25) is 4.99 Å². The molecule has 0 saturated heterocycles. The summed E-state index contributed by atoms with van der Waals surface area (Å²) in [6.45, 7) is 3.67. The van der Waals surface area contributed by atoms with Crippen LogP contribution in [-0.2, 0) is 4.74 Å². The Bertz CT molecular complexity index is 338. The number of aliphatic imine (C=N–C) groups is 1. The number of allylic oxidation sites excluding steroid dienone is 2. The predicted octanol–water partition coefficient (Wildman–Crippen LogP) is 1.02. The van der Waals surface area contributed by atoms with Crippen LogP contribution in [0.4, 0.5) is 0 Å². The van der Waals surface area contributed by atoms with Crippen molar-refractivity contribution in [2.45, 2.75) is 13.8 Å². The number of hydrogen-bond acceptors (Lipinski definition) is 5. The zero-order valence-corrected chi connectivity index (χ0v) is 10.2. The molecule has 1 atom stereocenters. The van der Waals surface area contributed by atoms with E-state index in [1.54, 1.807) is 14.0 Å². The van der Waals surface area contributed by atoms with Crippen LogP contribution in [0.3, 0.4) is 0 Å². The van der Waals surface area contributed by atoms with Gasteiger partial charge in [0.25, 0.3) is 0 Å². The first-order valence-electron chi connectivity index (χ1n) is 4.93. The van der Waals surface area contributed by atoms with Crippen LogP contribution < -0.4 is 11.5 Å². The topological polar surface area (TPSA) is 97.5 Å². The number of hydrogen-bond donors (Lipinski definition) is 3. The van der Waals surface area contributed by atoms with E-state index in [-0.39, 0.29) is 5.92 Å². The second kappa shape index (κ2) is 6.66. The molecule has 5 nitrogen and oxygen atoms in total. The Kier molecular flexibility index (Phi) is 5.92. The maximum atomic E-state index is 7.26. The zero-order chi connectivity index (χ0) is 12.7. The summed E-state index contributed by atoms with van der Waals surface area (Å²) >= 11 is 0. The summed E-state index contributed by atoms with van der Waals surface area (Å²) in [5, 5.41) is 7.26. The summed E-state index contributed by atoms with van der Waals surface area (Å²) in [7, 11) is 3.17. The second-order valence-corrected chi connectivity index (χ2v) is 3.36. The van der Waals surface area contributed by atoms with Crippen molar-refractivity contribution in [1.29, 1.82) is 5.41 Å². The molecular formula is C11H20N4O. The Balaban J connectivity index is 5.43. The van der Waals surface area contributed by atoms with Gasteiger partial charge < -0.3 is 21.6 Å². The molecule has 0 amide bonds. The fourth-order valence-electron chi connectivity index (χ4n) is 1.50. The Morgan fingerprint density at radius 1 is 1.50 bits per heavy atom. The van der Waals surface area contributed by atoms with Crippen LogP contribution in [0.15, 0.2) is 28.0 Å². The molecule has 0 rings (SSSR count). The van der Waals surface area contributed by atoms with Gasteiger partial charge in [0, 0.05) is 30.5 Å². The van der Waals surface area contributed by atoms with Crippen molar-refractivity contribution in [3.63, 3.8) is 0 Å². The molecule has 0 radical (unpaired) electrons. The lowest BCUT2D eigenvalue weighted by molar-refractivity contribution is 0.398. The zero-order valence-electron chi connectivity index (χ0n) is 10.2. The monoisotopic (exact) mass is 224 g/mol. The Morgan fingerprint density at radius 3 is 2.31 bits per heavy atom. The highest BCUT2D eigenvalue weighted by molar-refractivity contribution is 5.96. The predicted molar refractivity (Wildman–Crippen MR) is 67.5 cm³/mol. The van der Waals surface area contributed by atoms with Crippen molar-refractivity contribution in [2.24, 2.45) is 22.4 Å². The molecule has 0 aromatic heterocycles. The molecule has 0 aliphatic heterocycles. The first-order chi connectivity index (χ1) is 7.53. The van der Waals surface area contributed by atoms with E-state index in [1.807, 2.05) is 6.92 Å². The molecule has 0 spiro atoms. The van der Waals surface area contributed by atoms with E-state index in [0.717, 1.165) is 5.57 Å². The van der Waals surface area contributed by atoms with Gasteiger partial charge in [0.1, 0.15) is 0 Å². The average Bonchev–Trinajstić information content (AvgIpc) is 2.26. The molecule has 0 aromatic carbocycles. The lowest BCUT2D eigenvalue weighted by atomic mass is 9.92. The van der Waals surface area contributed by atoms with E-state index in [9.17, 15) is 0 Å². The molecule has 5 N–H and O–H groups in total. The number of rotatable bonds is 4. The normalized spacial score (nSPS) is 16.5. The minimum absolute atomic E-state index is 0.119. The Hall–Kier alpha value is -1.78. The summed E-state index contributed by atoms with van der Waals surface area (Å²) in [6.07, 6.45) is 2.60. The molecule has 1 unspecified atom stereocenters. The number of methoxy groups -OCH3 is 1. The third-order valence-electron chi connectivity index (χ3n) is 2.34. The van der Waals surface area contributed by atoms with Crippen molar-refractivity contribution in [2.75, 3.05) is 14.2 Å². The lowest BCUT2D eigenvalue weighted by Crippen LogP contribution is -2.20. The summed E-state index contributed by atoms with van der Waals surface area (Å²) in [4.78, 5) is 4.01. The van der Waals surface area contributed by atoms with Gasteiger partial charge in [0.2, 0.25) is 5.90 Å². The van der Waals surface area contributed by atoms with E-state index in [4.69, 9.17) is 21.6 Å². The van der Waals surface area contributed by atoms with Gasteiger partial charge in [-0.1, -0.05) is 6.92 Å². The summed E-state index contributed by atoms with van der Waals surface area (Å²) in [5.41, 5.74) is 13.3. The minimum Gasteiger partial charge on any atom is -0.481 e.